The molecule has 0 heterocycles. The van der Waals surface area contributed by atoms with Gasteiger partial charge < -0.3 is 14.2 Å². The van der Waals surface area contributed by atoms with Crippen molar-refractivity contribution in [2.24, 2.45) is 0 Å². The zero-order chi connectivity index (χ0) is 44.9. The number of hydrogen-bond donors (Lipinski definition) is 0. The number of carbonyl (C=O) groups is 2. The highest BCUT2D eigenvalue weighted by Gasteiger charge is 2.17. The summed E-state index contributed by atoms with van der Waals surface area (Å²) >= 11 is 0. The van der Waals surface area contributed by atoms with E-state index in [0.29, 0.717) is 6.61 Å². The van der Waals surface area contributed by atoms with Crippen molar-refractivity contribution < 1.29 is 23.8 Å². The molecule has 0 N–H and O–H groups in total. The number of ether oxygens (including phenoxy) is 3. The molecule has 0 saturated carbocycles. The lowest BCUT2D eigenvalue weighted by molar-refractivity contribution is -0.161. The molecule has 0 amide bonds. The van der Waals surface area contributed by atoms with Gasteiger partial charge in [0.1, 0.15) is 6.61 Å². The lowest BCUT2D eigenvalue weighted by Crippen LogP contribution is -2.29. The molecular weight excluding hydrogens is 765 g/mol. The van der Waals surface area contributed by atoms with E-state index < -0.39 is 6.10 Å². The van der Waals surface area contributed by atoms with Crippen molar-refractivity contribution in [2.45, 2.75) is 194 Å². The van der Waals surface area contributed by atoms with Gasteiger partial charge in [-0.3, -0.25) is 9.59 Å². The van der Waals surface area contributed by atoms with E-state index in [1.165, 1.54) is 77.0 Å². The Morgan fingerprint density at radius 2 is 0.726 bits per heavy atom. The Morgan fingerprint density at radius 1 is 0.371 bits per heavy atom. The average molecular weight is 855 g/mol. The van der Waals surface area contributed by atoms with Gasteiger partial charge in [-0.1, -0.05) is 212 Å². The van der Waals surface area contributed by atoms with Crippen molar-refractivity contribution in [1.82, 2.24) is 0 Å². The molecule has 1 atom stereocenters. The van der Waals surface area contributed by atoms with E-state index in [4.69, 9.17) is 14.2 Å². The van der Waals surface area contributed by atoms with Crippen molar-refractivity contribution in [3.8, 4) is 0 Å². The van der Waals surface area contributed by atoms with Crippen LogP contribution in [0.15, 0.2) is 134 Å². The molecule has 5 nitrogen and oxygen atoms in total. The zero-order valence-corrected chi connectivity index (χ0v) is 39.8. The molecule has 0 aliphatic carbocycles. The Labute approximate surface area is 381 Å². The monoisotopic (exact) mass is 855 g/mol. The number of hydrogen-bond acceptors (Lipinski definition) is 5. The van der Waals surface area contributed by atoms with Crippen LogP contribution in [0.5, 0.6) is 0 Å². The molecule has 0 aliphatic rings. The van der Waals surface area contributed by atoms with Gasteiger partial charge in [0, 0.05) is 6.61 Å². The van der Waals surface area contributed by atoms with Gasteiger partial charge in [0.05, 0.1) is 19.4 Å². The van der Waals surface area contributed by atoms with Crippen LogP contribution in [0.2, 0.25) is 0 Å². The summed E-state index contributed by atoms with van der Waals surface area (Å²) in [5.41, 5.74) is 0. The smallest absolute Gasteiger partial charge is 0.310 e. The summed E-state index contributed by atoms with van der Waals surface area (Å²) in [7, 11) is 0. The standard InChI is InChI=1S/C57H90O5/c1-4-7-10-13-16-19-22-25-28-31-34-37-40-43-46-49-52-60-53-55(62-57(59)51-48-45-42-39-36-33-30-27-24-21-18-15-12-9-6-3)54-61-56(58)50-47-44-41-38-35-32-29-26-23-20-17-14-11-8-5-2/h8-9,11-12,17-18,20-21,25-30,35-36,38-39,44-45,47-48,55H,4-7,10,13-16,19,22-24,31-34,37,40-43,46,49-54H2,1-3H3/b11-8-,12-9-,20-17-,21-18-,28-25-,29-26-,30-27-,38-35-,39-36-,47-44-,48-45-. The normalized spacial score (nSPS) is 13.4. The molecule has 1 unspecified atom stereocenters. The molecule has 62 heavy (non-hydrogen) atoms. The first-order chi connectivity index (χ1) is 30.6. The van der Waals surface area contributed by atoms with E-state index in [9.17, 15) is 9.59 Å². The SMILES string of the molecule is CC/C=C\C/C=C\C/C=C\C/C=C\C/C=C\CC(=O)OCC(COCCCCCCCC/C=C\CCCCCCCC)OC(=O)C/C=C\C/C=C\C/C=C\C/C=C\C/C=C\CC. The summed E-state index contributed by atoms with van der Waals surface area (Å²) in [4.78, 5) is 25.2. The number of esters is 2. The minimum atomic E-state index is -0.642. The maximum atomic E-state index is 12.7. The van der Waals surface area contributed by atoms with Gasteiger partial charge in [-0.05, 0) is 96.3 Å². The predicted octanol–water partition coefficient (Wildman–Crippen LogP) is 16.8. The van der Waals surface area contributed by atoms with E-state index in [1.54, 1.807) is 0 Å². The van der Waals surface area contributed by atoms with E-state index in [0.717, 1.165) is 77.0 Å². The largest absolute Gasteiger partial charge is 0.461 e. The Hall–Kier alpha value is -3.96. The quantitative estimate of drug-likeness (QED) is 0.0347. The maximum Gasteiger partial charge on any atom is 0.310 e. The van der Waals surface area contributed by atoms with Gasteiger partial charge in [0.15, 0.2) is 6.10 Å². The van der Waals surface area contributed by atoms with Crippen LogP contribution in [0.3, 0.4) is 0 Å². The van der Waals surface area contributed by atoms with Gasteiger partial charge in [-0.15, -0.1) is 0 Å². The average Bonchev–Trinajstić information content (AvgIpc) is 3.27. The van der Waals surface area contributed by atoms with Crippen molar-refractivity contribution in [2.75, 3.05) is 19.8 Å². The third kappa shape index (κ3) is 48.7. The minimum absolute atomic E-state index is 0.0195. The maximum absolute atomic E-state index is 12.7. The van der Waals surface area contributed by atoms with Crippen molar-refractivity contribution in [3.63, 3.8) is 0 Å². The molecule has 348 valence electrons. The van der Waals surface area contributed by atoms with Crippen LogP contribution in [0, 0.1) is 0 Å². The first-order valence-corrected chi connectivity index (χ1v) is 24.7. The minimum Gasteiger partial charge on any atom is -0.461 e. The highest BCUT2D eigenvalue weighted by Crippen LogP contribution is 2.11. The van der Waals surface area contributed by atoms with Gasteiger partial charge in [0.2, 0.25) is 0 Å². The van der Waals surface area contributed by atoms with Crippen LogP contribution < -0.4 is 0 Å². The lowest BCUT2D eigenvalue weighted by atomic mass is 10.1. The van der Waals surface area contributed by atoms with Crippen molar-refractivity contribution in [3.05, 3.63) is 134 Å². The number of carbonyl (C=O) groups excluding carboxylic acids is 2. The molecule has 0 radical (unpaired) electrons. The summed E-state index contributed by atoms with van der Waals surface area (Å²) < 4.78 is 17.1. The summed E-state index contributed by atoms with van der Waals surface area (Å²) in [5, 5.41) is 0. The highest BCUT2D eigenvalue weighted by molar-refractivity contribution is 5.72. The van der Waals surface area contributed by atoms with Crippen LogP contribution in [0.25, 0.3) is 0 Å². The van der Waals surface area contributed by atoms with Crippen LogP contribution in [-0.2, 0) is 23.8 Å². The fourth-order valence-electron chi connectivity index (χ4n) is 6.12. The molecule has 0 aromatic carbocycles. The molecule has 5 heteroatoms. The Bertz CT molecular complexity index is 1330. The Kier molecular flexibility index (Phi) is 48.1. The molecular formula is C57H90O5. The van der Waals surface area contributed by atoms with E-state index in [2.05, 4.69) is 130 Å². The molecule has 0 rings (SSSR count). The summed E-state index contributed by atoms with van der Waals surface area (Å²) in [6, 6.07) is 0. The first-order valence-electron chi connectivity index (χ1n) is 24.7. The van der Waals surface area contributed by atoms with Crippen LogP contribution >= 0.6 is 0 Å². The van der Waals surface area contributed by atoms with Crippen LogP contribution in [-0.4, -0.2) is 37.9 Å². The summed E-state index contributed by atoms with van der Waals surface area (Å²) in [5.74, 6) is -0.704. The molecule has 0 aromatic rings. The van der Waals surface area contributed by atoms with E-state index >= 15 is 0 Å². The zero-order valence-electron chi connectivity index (χ0n) is 39.8. The molecule has 0 saturated heterocycles. The summed E-state index contributed by atoms with van der Waals surface area (Å²) in [6.07, 6.45) is 73.6. The van der Waals surface area contributed by atoms with Gasteiger partial charge in [0.25, 0.3) is 0 Å². The molecule has 0 aromatic heterocycles. The molecule has 0 fully saturated rings. The molecule has 0 spiro atoms. The van der Waals surface area contributed by atoms with E-state index in [1.807, 2.05) is 24.3 Å². The first kappa shape index (κ1) is 58.0. The summed E-state index contributed by atoms with van der Waals surface area (Å²) in [6.45, 7) is 7.34. The fourth-order valence-corrected chi connectivity index (χ4v) is 6.12. The Balaban J connectivity index is 4.55. The topological polar surface area (TPSA) is 61.8 Å². The van der Waals surface area contributed by atoms with Crippen molar-refractivity contribution >= 4 is 11.9 Å². The van der Waals surface area contributed by atoms with E-state index in [-0.39, 0.29) is 38.0 Å². The predicted molar refractivity (Wildman–Crippen MR) is 269 cm³/mol. The van der Waals surface area contributed by atoms with Gasteiger partial charge in [-0.25, -0.2) is 0 Å². The molecule has 0 bridgehead atoms. The van der Waals surface area contributed by atoms with Gasteiger partial charge in [-0.2, -0.15) is 0 Å². The van der Waals surface area contributed by atoms with Gasteiger partial charge >= 0.3 is 11.9 Å². The second-order valence-electron chi connectivity index (χ2n) is 15.6. The molecule has 0 aliphatic heterocycles. The van der Waals surface area contributed by atoms with Crippen molar-refractivity contribution in [1.29, 1.82) is 0 Å². The Morgan fingerprint density at radius 3 is 1.15 bits per heavy atom. The fraction of sp³-hybridized carbons (Fsp3) is 0.579. The third-order valence-corrected chi connectivity index (χ3v) is 9.72. The van der Waals surface area contributed by atoms with Crippen LogP contribution in [0.1, 0.15) is 188 Å². The van der Waals surface area contributed by atoms with Crippen LogP contribution in [0.4, 0.5) is 0 Å². The number of allylic oxidation sites excluding steroid dienone is 20. The number of rotatable bonds is 43. The number of unbranched alkanes of at least 4 members (excludes halogenated alkanes) is 12. The third-order valence-electron chi connectivity index (χ3n) is 9.72. The second kappa shape index (κ2) is 51.4. The second-order valence-corrected chi connectivity index (χ2v) is 15.6. The highest BCUT2D eigenvalue weighted by atomic mass is 16.6. The lowest BCUT2D eigenvalue weighted by Gasteiger charge is -2.18.